The van der Waals surface area contributed by atoms with E-state index in [0.717, 1.165) is 5.92 Å². The highest BCUT2D eigenvalue weighted by molar-refractivity contribution is 7.60. The zero-order valence-corrected chi connectivity index (χ0v) is 11.7. The molecule has 0 bridgehead atoms. The Morgan fingerprint density at radius 2 is 1.43 bits per heavy atom. The Bertz CT molecular complexity index is 175. The third-order valence-corrected chi connectivity index (χ3v) is 7.85. The van der Waals surface area contributed by atoms with Crippen LogP contribution < -0.4 is 0 Å². The fourth-order valence-electron chi connectivity index (χ4n) is 3.67. The van der Waals surface area contributed by atoms with E-state index in [2.05, 4.69) is 41.5 Å². The van der Waals surface area contributed by atoms with Gasteiger partial charge in [-0.15, -0.1) is 0 Å². The van der Waals surface area contributed by atoms with Crippen molar-refractivity contribution in [1.29, 1.82) is 0 Å². The minimum absolute atomic E-state index is 0.212. The van der Waals surface area contributed by atoms with Crippen LogP contribution in [0.2, 0.25) is 0 Å². The maximum absolute atomic E-state index is 2.51. The summed E-state index contributed by atoms with van der Waals surface area (Å²) >= 11 is 0. The second-order valence-electron chi connectivity index (χ2n) is 6.05. The van der Waals surface area contributed by atoms with E-state index in [1.165, 1.54) is 25.4 Å². The van der Waals surface area contributed by atoms with E-state index in [-0.39, 0.29) is 7.92 Å². The van der Waals surface area contributed by atoms with Crippen LogP contribution >= 0.6 is 7.92 Å². The van der Waals surface area contributed by atoms with Crippen molar-refractivity contribution in [2.24, 2.45) is 5.92 Å². The smallest absolute Gasteiger partial charge is 0.0144 e. The van der Waals surface area contributed by atoms with E-state index in [9.17, 15) is 0 Å². The van der Waals surface area contributed by atoms with Gasteiger partial charge in [0.2, 0.25) is 0 Å². The number of hydrogen-bond acceptors (Lipinski definition) is 0. The van der Waals surface area contributed by atoms with Gasteiger partial charge in [-0.05, 0) is 35.2 Å². The lowest BCUT2D eigenvalue weighted by molar-refractivity contribution is 0.328. The molecular weight excluding hydrogens is 187 g/mol. The maximum Gasteiger partial charge on any atom is -0.0144 e. The molecule has 0 amide bonds. The average molecular weight is 214 g/mol. The normalized spacial score (nSPS) is 35.6. The highest BCUT2D eigenvalue weighted by Gasteiger charge is 2.45. The molecule has 0 aromatic heterocycles. The zero-order valence-electron chi connectivity index (χ0n) is 10.9. The van der Waals surface area contributed by atoms with Crippen molar-refractivity contribution < 1.29 is 0 Å². The summed E-state index contributed by atoms with van der Waals surface area (Å²) in [6.07, 6.45) is 5.71. The highest BCUT2D eigenvalue weighted by Crippen LogP contribution is 2.66. The molecule has 0 aromatic carbocycles. The van der Waals surface area contributed by atoms with E-state index in [1.54, 1.807) is 0 Å². The van der Waals surface area contributed by atoms with Crippen molar-refractivity contribution in [2.45, 2.75) is 71.1 Å². The van der Waals surface area contributed by atoms with E-state index >= 15 is 0 Å². The Morgan fingerprint density at radius 3 is 1.71 bits per heavy atom. The molecule has 0 N–H and O–H groups in total. The lowest BCUT2D eigenvalue weighted by Gasteiger charge is -2.52. The molecule has 1 heterocycles. The van der Waals surface area contributed by atoms with Gasteiger partial charge in [0, 0.05) is 0 Å². The molecule has 0 atom stereocenters. The molecule has 1 aliphatic heterocycles. The molecule has 0 saturated carbocycles. The van der Waals surface area contributed by atoms with Gasteiger partial charge in [0.15, 0.2) is 0 Å². The van der Waals surface area contributed by atoms with Gasteiger partial charge in [0.05, 0.1) is 0 Å². The fraction of sp³-hybridized carbons (Fsp3) is 1.00. The summed E-state index contributed by atoms with van der Waals surface area (Å²) in [5.41, 5.74) is 0. The van der Waals surface area contributed by atoms with Crippen molar-refractivity contribution in [3.8, 4) is 0 Å². The first-order valence-electron chi connectivity index (χ1n) is 6.11. The van der Waals surface area contributed by atoms with Crippen molar-refractivity contribution in [3.63, 3.8) is 0 Å². The van der Waals surface area contributed by atoms with Crippen LogP contribution in [0.5, 0.6) is 0 Å². The third kappa shape index (κ3) is 2.32. The molecule has 0 nitrogen and oxygen atoms in total. The summed E-state index contributed by atoms with van der Waals surface area (Å²) in [6.45, 7) is 14.8. The molecule has 1 saturated heterocycles. The van der Waals surface area contributed by atoms with E-state index in [4.69, 9.17) is 0 Å². The Hall–Kier alpha value is 0.430. The zero-order chi connectivity index (χ0) is 11.0. The molecule has 1 fully saturated rings. The van der Waals surface area contributed by atoms with Crippen molar-refractivity contribution >= 4 is 7.92 Å². The predicted molar refractivity (Wildman–Crippen MR) is 68.6 cm³/mol. The van der Waals surface area contributed by atoms with Gasteiger partial charge in [-0.2, -0.15) is 0 Å². The van der Waals surface area contributed by atoms with Crippen molar-refractivity contribution in [3.05, 3.63) is 0 Å². The maximum atomic E-state index is 2.51. The van der Waals surface area contributed by atoms with Gasteiger partial charge in [-0.25, -0.2) is 0 Å². The fourth-order valence-corrected chi connectivity index (χ4v) is 7.98. The van der Waals surface area contributed by atoms with E-state index in [0.29, 0.717) is 10.3 Å². The predicted octanol–water partition coefficient (Wildman–Crippen LogP) is 4.87. The highest BCUT2D eigenvalue weighted by atomic mass is 31.1. The first-order valence-corrected chi connectivity index (χ1v) is 7.64. The van der Waals surface area contributed by atoms with Gasteiger partial charge in [0.1, 0.15) is 0 Å². The molecular formula is C13H27P. The molecule has 0 spiro atoms. The van der Waals surface area contributed by atoms with Gasteiger partial charge >= 0.3 is 0 Å². The van der Waals surface area contributed by atoms with Crippen LogP contribution in [0.4, 0.5) is 0 Å². The van der Waals surface area contributed by atoms with Gasteiger partial charge in [0.25, 0.3) is 0 Å². The topological polar surface area (TPSA) is 0 Å². The Kier molecular flexibility index (Phi) is 3.68. The summed E-state index contributed by atoms with van der Waals surface area (Å²) in [4.78, 5) is 0. The largest absolute Gasteiger partial charge is 0.0953 e. The van der Waals surface area contributed by atoms with Crippen molar-refractivity contribution in [2.75, 3.05) is 6.16 Å². The number of rotatable bonds is 2. The molecule has 1 heteroatoms. The van der Waals surface area contributed by atoms with Crippen LogP contribution in [0.15, 0.2) is 0 Å². The lowest BCUT2D eigenvalue weighted by Crippen LogP contribution is -2.40. The third-order valence-electron chi connectivity index (χ3n) is 3.93. The van der Waals surface area contributed by atoms with Gasteiger partial charge in [-0.1, -0.05) is 55.9 Å². The summed E-state index contributed by atoms with van der Waals surface area (Å²) in [6, 6.07) is 0. The van der Waals surface area contributed by atoms with Crippen LogP contribution in [0.1, 0.15) is 60.8 Å². The lowest BCUT2D eigenvalue weighted by atomic mass is 9.85. The van der Waals surface area contributed by atoms with Crippen LogP contribution in [0, 0.1) is 5.92 Å². The van der Waals surface area contributed by atoms with Crippen molar-refractivity contribution in [1.82, 2.24) is 0 Å². The molecule has 84 valence electrons. The molecule has 0 radical (unpaired) electrons. The second-order valence-corrected chi connectivity index (χ2v) is 9.96. The first-order chi connectivity index (χ1) is 6.33. The van der Waals surface area contributed by atoms with Crippen LogP contribution in [0.3, 0.4) is 0 Å². The minimum Gasteiger partial charge on any atom is -0.0953 e. The molecule has 0 aliphatic carbocycles. The monoisotopic (exact) mass is 214 g/mol. The second kappa shape index (κ2) is 4.12. The molecule has 0 aromatic rings. The summed E-state index contributed by atoms with van der Waals surface area (Å²) < 4.78 is 0. The standard InChI is InChI=1S/C13H27P/c1-7-11-9-12(3,4)14(8-2)13(5,6)10-11/h11H,7-10H2,1-6H3. The molecule has 1 rings (SSSR count). The minimum atomic E-state index is 0.212. The van der Waals surface area contributed by atoms with Crippen LogP contribution in [0.25, 0.3) is 0 Å². The molecule has 14 heavy (non-hydrogen) atoms. The SMILES string of the molecule is CCC1CC(C)(C)P(CC)C(C)(C)C1. The van der Waals surface area contributed by atoms with Crippen LogP contribution in [-0.4, -0.2) is 16.5 Å². The molecule has 1 aliphatic rings. The molecule has 0 unspecified atom stereocenters. The quantitative estimate of drug-likeness (QED) is 0.575. The summed E-state index contributed by atoms with van der Waals surface area (Å²) in [5.74, 6) is 0.977. The number of hydrogen-bond donors (Lipinski definition) is 0. The van der Waals surface area contributed by atoms with Gasteiger partial charge in [-0.3, -0.25) is 0 Å². The van der Waals surface area contributed by atoms with Crippen LogP contribution in [-0.2, 0) is 0 Å². The van der Waals surface area contributed by atoms with Gasteiger partial charge < -0.3 is 0 Å². The summed E-state index contributed by atoms with van der Waals surface area (Å²) in [5, 5.41) is 1.24. The summed E-state index contributed by atoms with van der Waals surface area (Å²) in [7, 11) is 0.212. The average Bonchev–Trinajstić information content (AvgIpc) is 2.00. The Morgan fingerprint density at radius 1 is 1.00 bits per heavy atom. The van der Waals surface area contributed by atoms with E-state index < -0.39 is 0 Å². The Labute approximate surface area is 91.6 Å². The Balaban J connectivity index is 2.87. The van der Waals surface area contributed by atoms with E-state index in [1.807, 2.05) is 0 Å². The first kappa shape index (κ1) is 12.5.